The predicted molar refractivity (Wildman–Crippen MR) is 135 cm³/mol. The molecule has 2 aliphatic heterocycles. The van der Waals surface area contributed by atoms with E-state index in [-0.39, 0.29) is 17.6 Å². The highest BCUT2D eigenvalue weighted by Gasteiger charge is 2.27. The van der Waals surface area contributed by atoms with Crippen molar-refractivity contribution in [2.45, 2.75) is 19.3 Å². The van der Waals surface area contributed by atoms with Crippen molar-refractivity contribution in [1.82, 2.24) is 20.2 Å². The maximum absolute atomic E-state index is 13.1. The summed E-state index contributed by atoms with van der Waals surface area (Å²) in [5, 5.41) is 4.13. The number of pyridine rings is 1. The van der Waals surface area contributed by atoms with Gasteiger partial charge in [-0.05, 0) is 62.2 Å². The van der Waals surface area contributed by atoms with Crippen molar-refractivity contribution < 1.29 is 9.18 Å². The van der Waals surface area contributed by atoms with Crippen LogP contribution in [0.4, 0.5) is 15.2 Å². The number of anilines is 2. The number of fused-ring (bicyclic) bond motifs is 1. The molecule has 0 radical (unpaired) electrons. The van der Waals surface area contributed by atoms with Crippen molar-refractivity contribution in [3.05, 3.63) is 48.4 Å². The molecule has 1 N–H and O–H groups in total. The third-order valence-corrected chi connectivity index (χ3v) is 7.77. The Bertz CT molecular complexity index is 1070. The minimum atomic E-state index is -0.195. The molecule has 3 aromatic rings. The van der Waals surface area contributed by atoms with E-state index in [2.05, 4.69) is 25.0 Å². The first kappa shape index (κ1) is 23.0. The zero-order valence-corrected chi connectivity index (χ0v) is 20.1. The minimum absolute atomic E-state index is 0.00738. The lowest BCUT2D eigenvalue weighted by Gasteiger charge is -2.36. The molecule has 7 nitrogen and oxygen atoms in total. The van der Waals surface area contributed by atoms with E-state index in [0.717, 1.165) is 86.2 Å². The van der Waals surface area contributed by atoms with Gasteiger partial charge in [-0.25, -0.2) is 14.4 Å². The van der Waals surface area contributed by atoms with E-state index in [1.54, 1.807) is 17.5 Å². The van der Waals surface area contributed by atoms with Gasteiger partial charge in [0.2, 0.25) is 5.91 Å². The van der Waals surface area contributed by atoms with Gasteiger partial charge in [-0.1, -0.05) is 11.3 Å². The molecule has 2 aliphatic rings. The molecule has 0 aliphatic carbocycles. The van der Waals surface area contributed by atoms with Crippen LogP contribution in [0.25, 0.3) is 10.3 Å². The number of aromatic nitrogens is 2. The smallest absolute Gasteiger partial charge is 0.224 e. The second-order valence-corrected chi connectivity index (χ2v) is 10.0. The van der Waals surface area contributed by atoms with E-state index in [1.165, 1.54) is 12.1 Å². The fraction of sp³-hybridized carbons (Fsp3) is 0.480. The van der Waals surface area contributed by atoms with Gasteiger partial charge in [0.25, 0.3) is 0 Å². The second-order valence-electron chi connectivity index (χ2n) is 9.06. The Morgan fingerprint density at radius 1 is 1.09 bits per heavy atom. The second kappa shape index (κ2) is 10.7. The van der Waals surface area contributed by atoms with Crippen LogP contribution in [0, 0.1) is 11.7 Å². The zero-order chi connectivity index (χ0) is 23.3. The number of nitrogens with one attached hydrogen (secondary N) is 1. The Kier molecular flexibility index (Phi) is 7.20. The van der Waals surface area contributed by atoms with Crippen molar-refractivity contribution >= 4 is 38.4 Å². The molecule has 0 unspecified atom stereocenters. The number of nitrogens with zero attached hydrogens (tertiary/aromatic N) is 5. The normalized spacial score (nSPS) is 19.5. The third kappa shape index (κ3) is 5.47. The summed E-state index contributed by atoms with van der Waals surface area (Å²) in [6.07, 6.45) is 4.67. The van der Waals surface area contributed by atoms with E-state index in [1.807, 2.05) is 24.3 Å². The maximum Gasteiger partial charge on any atom is 0.224 e. The average Bonchev–Trinajstić information content (AvgIpc) is 3.32. The van der Waals surface area contributed by atoms with Gasteiger partial charge < -0.3 is 15.1 Å². The Balaban J connectivity index is 1.02. The SMILES string of the molecule is O=C(NCCCN1CCN(c2ccc(F)cc2)CC1)[C@H]1CCCN(c2nc3cccnc3s2)C1. The standard InChI is InChI=1S/C25H31FN6OS/c26-20-6-8-21(9-7-20)31-16-14-30(15-17-31)12-3-11-27-23(33)19-4-2-13-32(18-19)25-29-22-5-1-10-28-24(22)34-25/h1,5-10,19H,2-4,11-18H2,(H,27,33)/t19-/m0/s1. The number of carbonyl (C=O) groups is 1. The topological polar surface area (TPSA) is 64.6 Å². The highest BCUT2D eigenvalue weighted by molar-refractivity contribution is 7.21. The number of hydrogen-bond donors (Lipinski definition) is 1. The molecule has 180 valence electrons. The molecule has 5 rings (SSSR count). The Morgan fingerprint density at radius 3 is 2.71 bits per heavy atom. The van der Waals surface area contributed by atoms with Crippen molar-refractivity contribution in [2.24, 2.45) is 5.92 Å². The predicted octanol–water partition coefficient (Wildman–Crippen LogP) is 3.38. The summed E-state index contributed by atoms with van der Waals surface area (Å²) in [4.78, 5) is 29.8. The van der Waals surface area contributed by atoms with Gasteiger partial charge in [0.1, 0.15) is 16.2 Å². The van der Waals surface area contributed by atoms with E-state index < -0.39 is 0 Å². The number of amides is 1. The molecule has 0 bridgehead atoms. The van der Waals surface area contributed by atoms with Crippen molar-refractivity contribution in [3.63, 3.8) is 0 Å². The summed E-state index contributed by atoms with van der Waals surface area (Å²) in [6.45, 7) is 7.20. The molecule has 1 aromatic carbocycles. The number of hydrogen-bond acceptors (Lipinski definition) is 7. The lowest BCUT2D eigenvalue weighted by molar-refractivity contribution is -0.125. The number of halogens is 1. The molecule has 1 amide bonds. The number of carbonyl (C=O) groups excluding carboxylic acids is 1. The molecule has 2 fully saturated rings. The van der Waals surface area contributed by atoms with E-state index >= 15 is 0 Å². The van der Waals surface area contributed by atoms with Gasteiger partial charge >= 0.3 is 0 Å². The lowest BCUT2D eigenvalue weighted by atomic mass is 9.97. The first-order valence-corrected chi connectivity index (χ1v) is 12.9. The molecule has 0 saturated carbocycles. The van der Waals surface area contributed by atoms with Gasteiger partial charge in [0, 0.05) is 57.7 Å². The minimum Gasteiger partial charge on any atom is -0.369 e. The molecule has 1 atom stereocenters. The van der Waals surface area contributed by atoms with Crippen LogP contribution in [-0.4, -0.2) is 73.1 Å². The summed E-state index contributed by atoms with van der Waals surface area (Å²) in [6, 6.07) is 10.6. The fourth-order valence-corrected chi connectivity index (χ4v) is 5.74. The number of piperidine rings is 1. The third-order valence-electron chi connectivity index (χ3n) is 6.73. The van der Waals surface area contributed by atoms with Crippen molar-refractivity contribution in [3.8, 4) is 0 Å². The van der Waals surface area contributed by atoms with Crippen LogP contribution in [0.5, 0.6) is 0 Å². The van der Waals surface area contributed by atoms with Gasteiger partial charge in [-0.2, -0.15) is 0 Å². The zero-order valence-electron chi connectivity index (χ0n) is 19.3. The van der Waals surface area contributed by atoms with Crippen LogP contribution in [0.2, 0.25) is 0 Å². The number of thiazole rings is 1. The van der Waals surface area contributed by atoms with Gasteiger partial charge in [0.15, 0.2) is 5.13 Å². The summed E-state index contributed by atoms with van der Waals surface area (Å²) < 4.78 is 13.1. The molecule has 2 aromatic heterocycles. The average molecular weight is 483 g/mol. The van der Waals surface area contributed by atoms with Gasteiger partial charge in [-0.15, -0.1) is 0 Å². The van der Waals surface area contributed by atoms with Crippen LogP contribution in [0.15, 0.2) is 42.6 Å². The van der Waals surface area contributed by atoms with Crippen LogP contribution >= 0.6 is 11.3 Å². The van der Waals surface area contributed by atoms with Crippen molar-refractivity contribution in [2.75, 3.05) is 62.2 Å². The van der Waals surface area contributed by atoms with Crippen LogP contribution in [0.3, 0.4) is 0 Å². The first-order valence-electron chi connectivity index (χ1n) is 12.1. The first-order chi connectivity index (χ1) is 16.7. The molecule has 9 heteroatoms. The van der Waals surface area contributed by atoms with Crippen LogP contribution in [-0.2, 0) is 4.79 Å². The van der Waals surface area contributed by atoms with Crippen molar-refractivity contribution in [1.29, 1.82) is 0 Å². The van der Waals surface area contributed by atoms with E-state index in [9.17, 15) is 9.18 Å². The monoisotopic (exact) mass is 482 g/mol. The molecule has 0 spiro atoms. The van der Waals surface area contributed by atoms with E-state index in [4.69, 9.17) is 4.98 Å². The van der Waals surface area contributed by atoms with Crippen LogP contribution < -0.4 is 15.1 Å². The van der Waals surface area contributed by atoms with Gasteiger partial charge in [-0.3, -0.25) is 9.69 Å². The molecular formula is C25H31FN6OS. The van der Waals surface area contributed by atoms with Crippen LogP contribution in [0.1, 0.15) is 19.3 Å². The molecule has 34 heavy (non-hydrogen) atoms. The number of piperazine rings is 1. The lowest BCUT2D eigenvalue weighted by Crippen LogP contribution is -2.47. The number of rotatable bonds is 7. The highest BCUT2D eigenvalue weighted by atomic mass is 32.1. The summed E-state index contributed by atoms with van der Waals surface area (Å²) in [5.41, 5.74) is 2.00. The Morgan fingerprint density at radius 2 is 1.91 bits per heavy atom. The molecular weight excluding hydrogens is 451 g/mol. The summed E-state index contributed by atoms with van der Waals surface area (Å²) >= 11 is 1.60. The largest absolute Gasteiger partial charge is 0.369 e. The highest BCUT2D eigenvalue weighted by Crippen LogP contribution is 2.30. The Hall–Kier alpha value is -2.78. The fourth-order valence-electron chi connectivity index (χ4n) is 4.80. The quantitative estimate of drug-likeness (QED) is 0.521. The van der Waals surface area contributed by atoms with E-state index in [0.29, 0.717) is 6.54 Å². The Labute approximate surface area is 203 Å². The van der Waals surface area contributed by atoms with Gasteiger partial charge in [0.05, 0.1) is 5.92 Å². The molecule has 2 saturated heterocycles. The number of benzene rings is 1. The maximum atomic E-state index is 13.1. The summed E-state index contributed by atoms with van der Waals surface area (Å²) in [5.74, 6) is -0.0301. The molecule has 4 heterocycles. The summed E-state index contributed by atoms with van der Waals surface area (Å²) in [7, 11) is 0.